The third-order valence-corrected chi connectivity index (χ3v) is 5.16. The molecule has 0 heterocycles. The zero-order valence-corrected chi connectivity index (χ0v) is 24.3. The molecule has 0 spiro atoms. The van der Waals surface area contributed by atoms with Gasteiger partial charge in [-0.25, -0.2) is 13.2 Å². The monoisotopic (exact) mass is 760 g/mol. The zero-order chi connectivity index (χ0) is 26.8. The molecule has 2 aromatic rings. The van der Waals surface area contributed by atoms with Gasteiger partial charge in [-0.3, -0.25) is 0 Å². The summed E-state index contributed by atoms with van der Waals surface area (Å²) in [6.07, 6.45) is -1.47. The highest BCUT2D eigenvalue weighted by Gasteiger charge is 2.35. The van der Waals surface area contributed by atoms with E-state index in [-0.39, 0.29) is 30.4 Å². The number of nitrogens with one attached hydrogen (secondary N) is 2. The van der Waals surface area contributed by atoms with Crippen LogP contribution in [0.1, 0.15) is 5.56 Å². The summed E-state index contributed by atoms with van der Waals surface area (Å²) >= 11 is 12.4. The highest BCUT2D eigenvalue weighted by molar-refractivity contribution is 9.28. The van der Waals surface area contributed by atoms with Crippen LogP contribution in [0, 0.1) is 17.5 Å². The van der Waals surface area contributed by atoms with Crippen LogP contribution in [-0.4, -0.2) is 27.3 Å². The van der Waals surface area contributed by atoms with Crippen LogP contribution in [0.2, 0.25) is 0 Å². The number of anilines is 2. The Hall–Kier alpha value is -1.38. The Labute approximate surface area is 231 Å². The second-order valence-electron chi connectivity index (χ2n) is 6.20. The molecule has 4 nitrogen and oxygen atoms in total. The van der Waals surface area contributed by atoms with Gasteiger partial charge in [0, 0.05) is 32.3 Å². The van der Waals surface area contributed by atoms with Crippen LogP contribution in [0.15, 0.2) is 43.2 Å². The summed E-state index contributed by atoms with van der Waals surface area (Å²) in [5.41, 5.74) is -1.87. The van der Waals surface area contributed by atoms with Crippen LogP contribution in [0.3, 0.4) is 0 Å². The SMILES string of the molecule is CNc1c(F)cc(OCC=C(Br)Br)cc1C(F)(F)F.CNc1c(F)cc(OCC=C(Br)Br)cc1F. The molecule has 0 radical (unpaired) electrons. The van der Waals surface area contributed by atoms with Crippen LogP contribution in [-0.2, 0) is 6.18 Å². The fraction of sp³-hybridized carbons (Fsp3) is 0.238. The Morgan fingerprint density at radius 2 is 1.11 bits per heavy atom. The molecule has 0 aliphatic carbocycles. The molecule has 0 saturated carbocycles. The highest BCUT2D eigenvalue weighted by Crippen LogP contribution is 2.38. The maximum Gasteiger partial charge on any atom is 0.418 e. The lowest BCUT2D eigenvalue weighted by atomic mass is 10.1. The molecule has 0 bridgehead atoms. The summed E-state index contributed by atoms with van der Waals surface area (Å²) in [6, 6.07) is 3.91. The van der Waals surface area contributed by atoms with Gasteiger partial charge in [0.1, 0.15) is 30.4 Å². The molecule has 14 heteroatoms. The number of alkyl halides is 3. The predicted octanol–water partition coefficient (Wildman–Crippen LogP) is 8.91. The van der Waals surface area contributed by atoms with Crippen LogP contribution in [0.5, 0.6) is 11.5 Å². The van der Waals surface area contributed by atoms with Gasteiger partial charge in [0.05, 0.1) is 18.0 Å². The van der Waals surface area contributed by atoms with Gasteiger partial charge in [-0.2, -0.15) is 13.2 Å². The van der Waals surface area contributed by atoms with Crippen molar-refractivity contribution in [1.29, 1.82) is 0 Å². The minimum Gasteiger partial charge on any atom is -0.489 e. The standard InChI is InChI=1S/C11H9Br2F4NO.C10H9Br2F2NO/c1-18-10-7(11(15,16)17)4-6(5-8(10)14)19-3-2-9(12)13;1-15-10-7(13)4-6(5-8(10)14)16-3-2-9(11)12/h2,4-5,18H,3H2,1H3;2,4-5,15H,3H2,1H3. The van der Waals surface area contributed by atoms with Crippen LogP contribution >= 0.6 is 63.7 Å². The molecule has 2 rings (SSSR count). The van der Waals surface area contributed by atoms with Crippen molar-refractivity contribution in [2.24, 2.45) is 0 Å². The second kappa shape index (κ2) is 15.0. The smallest absolute Gasteiger partial charge is 0.418 e. The molecular formula is C21H18Br4F6N2O2. The first-order chi connectivity index (χ1) is 16.3. The van der Waals surface area contributed by atoms with E-state index in [1.165, 1.54) is 20.2 Å². The van der Waals surface area contributed by atoms with Gasteiger partial charge < -0.3 is 20.1 Å². The minimum atomic E-state index is -4.66. The first kappa shape index (κ1) is 31.6. The van der Waals surface area contributed by atoms with Gasteiger partial charge in [-0.05, 0) is 81.9 Å². The van der Waals surface area contributed by atoms with E-state index in [9.17, 15) is 26.3 Å². The van der Waals surface area contributed by atoms with Crippen molar-refractivity contribution < 1.29 is 35.8 Å². The summed E-state index contributed by atoms with van der Waals surface area (Å²) in [4.78, 5) is 0. The normalized spacial score (nSPS) is 10.5. The lowest BCUT2D eigenvalue weighted by Gasteiger charge is -2.15. The molecule has 0 aliphatic heterocycles. The lowest BCUT2D eigenvalue weighted by molar-refractivity contribution is -0.137. The number of rotatable bonds is 8. The third-order valence-electron chi connectivity index (χ3n) is 3.86. The quantitative estimate of drug-likeness (QED) is 0.264. The van der Waals surface area contributed by atoms with Crippen molar-refractivity contribution >= 4 is 75.1 Å². The molecule has 2 aromatic carbocycles. The van der Waals surface area contributed by atoms with Crippen LogP contribution < -0.4 is 20.1 Å². The van der Waals surface area contributed by atoms with E-state index in [2.05, 4.69) is 74.4 Å². The van der Waals surface area contributed by atoms with Gasteiger partial charge in [0.15, 0.2) is 17.5 Å². The fourth-order valence-electron chi connectivity index (χ4n) is 2.42. The molecule has 0 saturated heterocycles. The predicted molar refractivity (Wildman–Crippen MR) is 140 cm³/mol. The minimum absolute atomic E-state index is 0.00146. The van der Waals surface area contributed by atoms with E-state index in [1.54, 1.807) is 6.08 Å². The van der Waals surface area contributed by atoms with Crippen molar-refractivity contribution in [1.82, 2.24) is 0 Å². The van der Waals surface area contributed by atoms with E-state index in [0.717, 1.165) is 24.3 Å². The van der Waals surface area contributed by atoms with Crippen molar-refractivity contribution in [3.8, 4) is 11.5 Å². The van der Waals surface area contributed by atoms with Crippen molar-refractivity contribution in [2.45, 2.75) is 6.18 Å². The number of ether oxygens (including phenoxy) is 2. The van der Waals surface area contributed by atoms with E-state index < -0.39 is 34.9 Å². The third kappa shape index (κ3) is 11.0. The summed E-state index contributed by atoms with van der Waals surface area (Å²) in [7, 11) is 2.67. The van der Waals surface area contributed by atoms with Gasteiger partial charge in [0.25, 0.3) is 0 Å². The largest absolute Gasteiger partial charge is 0.489 e. The molecule has 0 amide bonds. The van der Waals surface area contributed by atoms with Crippen LogP contribution in [0.25, 0.3) is 0 Å². The highest BCUT2D eigenvalue weighted by atomic mass is 79.9. The Morgan fingerprint density at radius 1 is 0.743 bits per heavy atom. The number of halogens is 10. The molecular weight excluding hydrogens is 746 g/mol. The molecule has 2 N–H and O–H groups in total. The first-order valence-corrected chi connectivity index (χ1v) is 12.5. The molecule has 35 heavy (non-hydrogen) atoms. The van der Waals surface area contributed by atoms with Crippen molar-refractivity contribution in [3.63, 3.8) is 0 Å². The molecule has 0 fully saturated rings. The molecule has 0 atom stereocenters. The summed E-state index contributed by atoms with van der Waals surface area (Å²) in [6.45, 7) is 0.213. The number of hydrogen-bond acceptors (Lipinski definition) is 4. The molecule has 194 valence electrons. The average Bonchev–Trinajstić information content (AvgIpc) is 2.72. The number of benzene rings is 2. The van der Waals surface area contributed by atoms with Crippen LogP contribution in [0.4, 0.5) is 37.7 Å². The summed E-state index contributed by atoms with van der Waals surface area (Å²) < 4.78 is 89.8. The molecule has 0 aliphatic rings. The Balaban J connectivity index is 0.000000355. The van der Waals surface area contributed by atoms with Crippen molar-refractivity contribution in [2.75, 3.05) is 37.9 Å². The topological polar surface area (TPSA) is 42.5 Å². The Kier molecular flexibility index (Phi) is 13.6. The Morgan fingerprint density at radius 3 is 1.46 bits per heavy atom. The fourth-order valence-corrected chi connectivity index (χ4v) is 2.95. The van der Waals surface area contributed by atoms with Gasteiger partial charge in [-0.1, -0.05) is 0 Å². The first-order valence-electron chi connectivity index (χ1n) is 9.33. The summed E-state index contributed by atoms with van der Waals surface area (Å²) in [5, 5.41) is 4.63. The Bertz CT molecular complexity index is 1030. The van der Waals surface area contributed by atoms with Gasteiger partial charge >= 0.3 is 6.18 Å². The average molecular weight is 764 g/mol. The van der Waals surface area contributed by atoms with E-state index in [0.29, 0.717) is 6.78 Å². The molecule has 0 aromatic heterocycles. The van der Waals surface area contributed by atoms with Gasteiger partial charge in [0.2, 0.25) is 0 Å². The second-order valence-corrected chi connectivity index (χ2v) is 11.7. The van der Waals surface area contributed by atoms with E-state index in [4.69, 9.17) is 9.47 Å². The lowest BCUT2D eigenvalue weighted by Crippen LogP contribution is -2.11. The van der Waals surface area contributed by atoms with E-state index in [1.807, 2.05) is 0 Å². The summed E-state index contributed by atoms with van der Waals surface area (Å²) in [5.74, 6) is -2.43. The van der Waals surface area contributed by atoms with E-state index >= 15 is 0 Å². The van der Waals surface area contributed by atoms with Crippen molar-refractivity contribution in [3.05, 3.63) is 66.2 Å². The maximum absolute atomic E-state index is 13.6. The maximum atomic E-state index is 13.6. The number of hydrogen-bond donors (Lipinski definition) is 2. The van der Waals surface area contributed by atoms with Gasteiger partial charge in [-0.15, -0.1) is 0 Å². The molecule has 0 unspecified atom stereocenters. The zero-order valence-electron chi connectivity index (χ0n) is 18.0.